The Morgan fingerprint density at radius 2 is 2.00 bits per heavy atom. The van der Waals surface area contributed by atoms with Crippen LogP contribution in [0.15, 0.2) is 35.6 Å². The van der Waals surface area contributed by atoms with E-state index in [0.29, 0.717) is 31.4 Å². The Hall–Kier alpha value is -2.24. The first-order valence-electron chi connectivity index (χ1n) is 14.7. The molecule has 2 rings (SSSR count). The third-order valence-corrected chi connectivity index (χ3v) is 7.47. The Kier molecular flexibility index (Phi) is 14.5. The first-order valence-corrected chi connectivity index (χ1v) is 14.7. The van der Waals surface area contributed by atoms with Gasteiger partial charge in [0.2, 0.25) is 5.91 Å². The van der Waals surface area contributed by atoms with Gasteiger partial charge >= 0.3 is 6.09 Å². The average Bonchev–Trinajstić information content (AvgIpc) is 3.47. The number of ether oxygens (including phenoxy) is 2. The van der Waals surface area contributed by atoms with Gasteiger partial charge in [-0.25, -0.2) is 4.79 Å². The first-order chi connectivity index (χ1) is 17.8. The molecule has 2 atom stereocenters. The van der Waals surface area contributed by atoms with Crippen LogP contribution in [0.3, 0.4) is 0 Å². The van der Waals surface area contributed by atoms with Gasteiger partial charge in [0.05, 0.1) is 6.61 Å². The number of nitrogens with one attached hydrogen (secondary N) is 1. The van der Waals surface area contributed by atoms with Gasteiger partial charge in [-0.1, -0.05) is 52.3 Å². The number of amides is 2. The summed E-state index contributed by atoms with van der Waals surface area (Å²) in [6.45, 7) is 15.7. The van der Waals surface area contributed by atoms with E-state index in [1.807, 2.05) is 11.8 Å². The molecule has 1 heterocycles. The summed E-state index contributed by atoms with van der Waals surface area (Å²) in [5.41, 5.74) is 2.22. The Bertz CT molecular complexity index is 786. The van der Waals surface area contributed by atoms with E-state index >= 15 is 0 Å². The monoisotopic (exact) mass is 516 g/mol. The number of likely N-dealkylation sites (tertiary alicyclic amines) is 1. The zero-order chi connectivity index (χ0) is 27.0. The Morgan fingerprint density at radius 1 is 1.19 bits per heavy atom. The molecule has 0 spiro atoms. The highest BCUT2D eigenvalue weighted by Gasteiger charge is 2.29. The van der Waals surface area contributed by atoms with E-state index in [1.165, 1.54) is 5.57 Å². The maximum Gasteiger partial charge on any atom is 0.407 e. The lowest BCUT2D eigenvalue weighted by Gasteiger charge is -2.20. The van der Waals surface area contributed by atoms with Gasteiger partial charge in [0, 0.05) is 26.1 Å². The second-order valence-corrected chi connectivity index (χ2v) is 11.0. The maximum atomic E-state index is 12.1. The molecule has 0 aromatic heterocycles. The molecule has 6 heteroatoms. The Labute approximate surface area is 225 Å². The summed E-state index contributed by atoms with van der Waals surface area (Å²) < 4.78 is 12.0. The van der Waals surface area contributed by atoms with Gasteiger partial charge < -0.3 is 19.7 Å². The van der Waals surface area contributed by atoms with Crippen LogP contribution < -0.4 is 5.32 Å². The standard InChI is InChI=1S/C31H52N2O4/c1-6-7-11-20-32-31(35)37-28-18-12-16-26(28)15-9-8-10-17-27(24(2)3)30(25(4)5)36-23-14-22-33-21-13-19-29(33)34/h8,10,24,26,28H,4,6-7,9,11-23H2,1-3,5H3,(H,32,35). The van der Waals surface area contributed by atoms with Crippen molar-refractivity contribution >= 4 is 12.0 Å². The highest BCUT2D eigenvalue weighted by Crippen LogP contribution is 2.32. The van der Waals surface area contributed by atoms with E-state index in [-0.39, 0.29) is 18.1 Å². The molecule has 2 aliphatic rings. The number of carbonyl (C=O) groups is 2. The maximum absolute atomic E-state index is 12.1. The van der Waals surface area contributed by atoms with E-state index in [4.69, 9.17) is 9.47 Å². The summed E-state index contributed by atoms with van der Waals surface area (Å²) in [7, 11) is 0. The van der Waals surface area contributed by atoms with Gasteiger partial charge in [-0.05, 0) is 87.7 Å². The molecule has 37 heavy (non-hydrogen) atoms. The molecule has 0 aromatic rings. The topological polar surface area (TPSA) is 67.9 Å². The molecule has 1 saturated carbocycles. The molecule has 1 saturated heterocycles. The number of hydrogen-bond donors (Lipinski definition) is 1. The number of rotatable bonds is 17. The second-order valence-electron chi connectivity index (χ2n) is 11.0. The molecule has 2 unspecified atom stereocenters. The van der Waals surface area contributed by atoms with E-state index in [1.54, 1.807) is 0 Å². The zero-order valence-corrected chi connectivity index (χ0v) is 24.0. The SMILES string of the molecule is C=C(C)C(OCCCN1CCCC1=O)=C(CC=CCCC1CCCC1OC(=O)NCCCCC)C(C)C. The van der Waals surface area contributed by atoms with Crippen LogP contribution in [0.2, 0.25) is 0 Å². The van der Waals surface area contributed by atoms with Crippen molar-refractivity contribution in [1.82, 2.24) is 10.2 Å². The molecule has 2 fully saturated rings. The summed E-state index contributed by atoms with van der Waals surface area (Å²) in [6, 6.07) is 0. The number of carbonyl (C=O) groups excluding carboxylic acids is 2. The van der Waals surface area contributed by atoms with Gasteiger partial charge in [-0.2, -0.15) is 0 Å². The van der Waals surface area contributed by atoms with Crippen molar-refractivity contribution < 1.29 is 19.1 Å². The lowest BCUT2D eigenvalue weighted by molar-refractivity contribution is -0.127. The fourth-order valence-corrected chi connectivity index (χ4v) is 5.32. The summed E-state index contributed by atoms with van der Waals surface area (Å²) >= 11 is 0. The lowest BCUT2D eigenvalue weighted by atomic mass is 9.95. The normalized spacial score (nSPS) is 20.6. The van der Waals surface area contributed by atoms with Crippen LogP contribution in [0.25, 0.3) is 0 Å². The van der Waals surface area contributed by atoms with E-state index in [2.05, 4.69) is 44.8 Å². The number of alkyl carbamates (subject to hydrolysis) is 1. The van der Waals surface area contributed by atoms with Gasteiger partial charge in [0.15, 0.2) is 0 Å². The molecule has 0 bridgehead atoms. The lowest BCUT2D eigenvalue weighted by Crippen LogP contribution is -2.31. The third-order valence-electron chi connectivity index (χ3n) is 7.47. The molecular weight excluding hydrogens is 464 g/mol. The Balaban J connectivity index is 1.78. The molecule has 1 aliphatic heterocycles. The number of hydrogen-bond acceptors (Lipinski definition) is 4. The van der Waals surface area contributed by atoms with E-state index < -0.39 is 0 Å². The van der Waals surface area contributed by atoms with Crippen LogP contribution in [-0.2, 0) is 14.3 Å². The van der Waals surface area contributed by atoms with E-state index in [9.17, 15) is 9.59 Å². The molecule has 6 nitrogen and oxygen atoms in total. The van der Waals surface area contributed by atoms with Gasteiger partial charge in [-0.15, -0.1) is 0 Å². The van der Waals surface area contributed by atoms with Gasteiger partial charge in [0.25, 0.3) is 0 Å². The molecule has 0 radical (unpaired) electrons. The van der Waals surface area contributed by atoms with Crippen molar-refractivity contribution in [3.05, 3.63) is 35.6 Å². The molecule has 1 aliphatic carbocycles. The van der Waals surface area contributed by atoms with Crippen LogP contribution in [0.1, 0.15) is 105 Å². The van der Waals surface area contributed by atoms with Crippen molar-refractivity contribution in [3.8, 4) is 0 Å². The minimum atomic E-state index is -0.255. The average molecular weight is 517 g/mol. The number of allylic oxidation sites excluding steroid dienone is 4. The van der Waals surface area contributed by atoms with Gasteiger partial charge in [-0.3, -0.25) is 4.79 Å². The Morgan fingerprint density at radius 3 is 2.68 bits per heavy atom. The quantitative estimate of drug-likeness (QED) is 0.0952. The predicted octanol–water partition coefficient (Wildman–Crippen LogP) is 7.31. The molecule has 2 amide bonds. The number of unbranched alkanes of at least 4 members (excludes halogenated alkanes) is 2. The molecule has 0 aromatic carbocycles. The van der Waals surface area contributed by atoms with Crippen LogP contribution in [0.5, 0.6) is 0 Å². The zero-order valence-electron chi connectivity index (χ0n) is 24.0. The minimum Gasteiger partial charge on any atom is -0.493 e. The highest BCUT2D eigenvalue weighted by atomic mass is 16.6. The summed E-state index contributed by atoms with van der Waals surface area (Å²) in [6.07, 6.45) is 16.2. The fraction of sp³-hybridized carbons (Fsp3) is 0.742. The first kappa shape index (κ1) is 31.0. The fourth-order valence-electron chi connectivity index (χ4n) is 5.32. The van der Waals surface area contributed by atoms with Gasteiger partial charge in [0.1, 0.15) is 11.9 Å². The molecule has 210 valence electrons. The predicted molar refractivity (Wildman–Crippen MR) is 151 cm³/mol. The summed E-state index contributed by atoms with van der Waals surface area (Å²) in [4.78, 5) is 25.9. The van der Waals surface area contributed by atoms with E-state index in [0.717, 1.165) is 95.1 Å². The largest absolute Gasteiger partial charge is 0.493 e. The smallest absolute Gasteiger partial charge is 0.407 e. The summed E-state index contributed by atoms with van der Waals surface area (Å²) in [5, 5.41) is 2.90. The van der Waals surface area contributed by atoms with Crippen molar-refractivity contribution in [2.24, 2.45) is 11.8 Å². The van der Waals surface area contributed by atoms with Crippen LogP contribution in [-0.4, -0.2) is 49.2 Å². The summed E-state index contributed by atoms with van der Waals surface area (Å²) in [5.74, 6) is 1.99. The minimum absolute atomic E-state index is 0.0463. The van der Waals surface area contributed by atoms with Crippen LogP contribution in [0, 0.1) is 11.8 Å². The molecule has 1 N–H and O–H groups in total. The van der Waals surface area contributed by atoms with Crippen molar-refractivity contribution in [1.29, 1.82) is 0 Å². The van der Waals surface area contributed by atoms with Crippen molar-refractivity contribution in [2.45, 2.75) is 111 Å². The van der Waals surface area contributed by atoms with Crippen LogP contribution >= 0.6 is 0 Å². The van der Waals surface area contributed by atoms with Crippen LogP contribution in [0.4, 0.5) is 4.79 Å². The molecular formula is C31H52N2O4. The van der Waals surface area contributed by atoms with Crippen molar-refractivity contribution in [2.75, 3.05) is 26.2 Å². The van der Waals surface area contributed by atoms with Crippen molar-refractivity contribution in [3.63, 3.8) is 0 Å². The number of nitrogens with zero attached hydrogens (tertiary/aromatic N) is 1. The second kappa shape index (κ2) is 17.3. The third kappa shape index (κ3) is 11.4. The highest BCUT2D eigenvalue weighted by molar-refractivity contribution is 5.78.